The maximum atomic E-state index is 11.2. The number of carbonyl (C=O) groups is 1. The Morgan fingerprint density at radius 3 is 2.73 bits per heavy atom. The van der Waals surface area contributed by atoms with Gasteiger partial charge in [0.05, 0.1) is 13.2 Å². The average molecular weight is 225 g/mol. The maximum Gasteiger partial charge on any atom is 0.130 e. The van der Waals surface area contributed by atoms with Crippen LogP contribution in [0.15, 0.2) is 24.3 Å². The van der Waals surface area contributed by atoms with E-state index in [0.717, 1.165) is 5.56 Å². The van der Waals surface area contributed by atoms with Gasteiger partial charge in [0.1, 0.15) is 5.78 Å². The van der Waals surface area contributed by atoms with Crippen LogP contribution in [0.5, 0.6) is 0 Å². The van der Waals surface area contributed by atoms with Crippen molar-refractivity contribution in [2.45, 2.75) is 18.8 Å². The second-order valence-electron chi connectivity index (χ2n) is 4.16. The molecule has 1 aliphatic rings. The SMILES string of the molecule is CC(=O)CC1(c2cccc(Cl)c2)COC1. The molecule has 0 aromatic heterocycles. The molecule has 1 heterocycles. The molecule has 80 valence electrons. The summed E-state index contributed by atoms with van der Waals surface area (Å²) in [6.45, 7) is 2.85. The summed E-state index contributed by atoms with van der Waals surface area (Å²) in [4.78, 5) is 11.2. The molecule has 15 heavy (non-hydrogen) atoms. The Morgan fingerprint density at radius 2 is 2.27 bits per heavy atom. The molecule has 1 fully saturated rings. The molecule has 1 aromatic rings. The topological polar surface area (TPSA) is 26.3 Å². The van der Waals surface area contributed by atoms with E-state index in [0.29, 0.717) is 24.7 Å². The second-order valence-corrected chi connectivity index (χ2v) is 4.60. The summed E-state index contributed by atoms with van der Waals surface area (Å²) in [5, 5.41) is 0.710. The van der Waals surface area contributed by atoms with Crippen LogP contribution in [-0.2, 0) is 14.9 Å². The van der Waals surface area contributed by atoms with E-state index in [1.165, 1.54) is 0 Å². The van der Waals surface area contributed by atoms with Crippen molar-refractivity contribution in [2.24, 2.45) is 0 Å². The third kappa shape index (κ3) is 2.06. The molecule has 0 atom stereocenters. The summed E-state index contributed by atoms with van der Waals surface area (Å²) in [5.41, 5.74) is 0.980. The molecule has 0 bridgehead atoms. The summed E-state index contributed by atoms with van der Waals surface area (Å²) < 4.78 is 5.24. The maximum absolute atomic E-state index is 11.2. The van der Waals surface area contributed by atoms with Crippen molar-refractivity contribution in [3.8, 4) is 0 Å². The molecule has 3 heteroatoms. The highest BCUT2D eigenvalue weighted by Gasteiger charge is 2.41. The van der Waals surface area contributed by atoms with E-state index in [4.69, 9.17) is 16.3 Å². The third-order valence-electron chi connectivity index (χ3n) is 2.78. The van der Waals surface area contributed by atoms with Crippen molar-refractivity contribution >= 4 is 17.4 Å². The first-order valence-corrected chi connectivity index (χ1v) is 5.33. The van der Waals surface area contributed by atoms with Gasteiger partial charge >= 0.3 is 0 Å². The molecule has 0 N–H and O–H groups in total. The largest absolute Gasteiger partial charge is 0.379 e. The number of benzene rings is 1. The highest BCUT2D eigenvalue weighted by molar-refractivity contribution is 6.30. The first-order chi connectivity index (χ1) is 7.12. The van der Waals surface area contributed by atoms with E-state index >= 15 is 0 Å². The number of Topliss-reactive ketones (excluding diaryl/α,β-unsaturated/α-hetero) is 1. The number of carbonyl (C=O) groups excluding carboxylic acids is 1. The van der Waals surface area contributed by atoms with Crippen molar-refractivity contribution in [1.82, 2.24) is 0 Å². The van der Waals surface area contributed by atoms with Crippen LogP contribution >= 0.6 is 11.6 Å². The number of halogens is 1. The number of rotatable bonds is 3. The zero-order valence-corrected chi connectivity index (χ0v) is 9.38. The lowest BCUT2D eigenvalue weighted by Gasteiger charge is -2.41. The first-order valence-electron chi connectivity index (χ1n) is 4.96. The van der Waals surface area contributed by atoms with Crippen LogP contribution in [0.1, 0.15) is 18.9 Å². The standard InChI is InChI=1S/C12H13ClO2/c1-9(14)6-12(7-15-8-12)10-3-2-4-11(13)5-10/h2-5H,6-8H2,1H3. The Hall–Kier alpha value is -0.860. The van der Waals surface area contributed by atoms with Crippen LogP contribution in [0, 0.1) is 0 Å². The zero-order chi connectivity index (χ0) is 10.9. The minimum atomic E-state index is -0.128. The molecular formula is C12H13ClO2. The van der Waals surface area contributed by atoms with E-state index in [2.05, 4.69) is 0 Å². The van der Waals surface area contributed by atoms with Gasteiger partial charge in [-0.15, -0.1) is 0 Å². The van der Waals surface area contributed by atoms with Crippen molar-refractivity contribution in [2.75, 3.05) is 13.2 Å². The quantitative estimate of drug-likeness (QED) is 0.789. The normalized spacial score (nSPS) is 18.3. The van der Waals surface area contributed by atoms with Crippen molar-refractivity contribution in [1.29, 1.82) is 0 Å². The predicted octanol–water partition coefficient (Wildman–Crippen LogP) is 2.59. The van der Waals surface area contributed by atoms with Gasteiger partial charge in [-0.1, -0.05) is 23.7 Å². The fourth-order valence-electron chi connectivity index (χ4n) is 2.01. The lowest BCUT2D eigenvalue weighted by molar-refractivity contribution is -0.125. The summed E-state index contributed by atoms with van der Waals surface area (Å²) in [5.74, 6) is 0.193. The minimum absolute atomic E-state index is 0.128. The lowest BCUT2D eigenvalue weighted by Crippen LogP contribution is -2.47. The Kier molecular flexibility index (Phi) is 2.81. The van der Waals surface area contributed by atoms with E-state index < -0.39 is 0 Å². The van der Waals surface area contributed by atoms with Gasteiger partial charge in [0.25, 0.3) is 0 Å². The van der Waals surface area contributed by atoms with Crippen LogP contribution in [0.2, 0.25) is 5.02 Å². The molecule has 0 amide bonds. The molecule has 0 saturated carbocycles. The number of hydrogen-bond donors (Lipinski definition) is 0. The van der Waals surface area contributed by atoms with Crippen molar-refractivity contribution < 1.29 is 9.53 Å². The smallest absolute Gasteiger partial charge is 0.130 e. The number of ketones is 1. The molecular weight excluding hydrogens is 212 g/mol. The first kappa shape index (κ1) is 10.7. The number of ether oxygens (including phenoxy) is 1. The summed E-state index contributed by atoms with van der Waals surface area (Å²) in [6, 6.07) is 7.69. The monoisotopic (exact) mass is 224 g/mol. The molecule has 1 saturated heterocycles. The minimum Gasteiger partial charge on any atom is -0.379 e. The number of hydrogen-bond acceptors (Lipinski definition) is 2. The van der Waals surface area contributed by atoms with Crippen LogP contribution in [0.25, 0.3) is 0 Å². The van der Waals surface area contributed by atoms with Crippen LogP contribution in [0.4, 0.5) is 0 Å². The van der Waals surface area contributed by atoms with E-state index in [1.54, 1.807) is 6.92 Å². The summed E-state index contributed by atoms with van der Waals surface area (Å²) >= 11 is 5.94. The second kappa shape index (κ2) is 3.95. The fourth-order valence-corrected chi connectivity index (χ4v) is 2.20. The van der Waals surface area contributed by atoms with Crippen LogP contribution in [-0.4, -0.2) is 19.0 Å². The highest BCUT2D eigenvalue weighted by atomic mass is 35.5. The Balaban J connectivity index is 2.29. The molecule has 2 nitrogen and oxygen atoms in total. The molecule has 0 unspecified atom stereocenters. The molecule has 0 spiro atoms. The predicted molar refractivity (Wildman–Crippen MR) is 59.2 cm³/mol. The van der Waals surface area contributed by atoms with Gasteiger partial charge in [-0.2, -0.15) is 0 Å². The zero-order valence-electron chi connectivity index (χ0n) is 8.63. The third-order valence-corrected chi connectivity index (χ3v) is 3.02. The molecule has 1 aliphatic heterocycles. The average Bonchev–Trinajstić information content (AvgIpc) is 2.11. The van der Waals surface area contributed by atoms with E-state index in [-0.39, 0.29) is 11.2 Å². The van der Waals surface area contributed by atoms with Crippen LogP contribution in [0.3, 0.4) is 0 Å². The van der Waals surface area contributed by atoms with Crippen LogP contribution < -0.4 is 0 Å². The van der Waals surface area contributed by atoms with Crippen molar-refractivity contribution in [3.05, 3.63) is 34.9 Å². The molecule has 2 rings (SSSR count). The Labute approximate surface area is 94.2 Å². The van der Waals surface area contributed by atoms with E-state index in [1.807, 2.05) is 24.3 Å². The molecule has 0 radical (unpaired) electrons. The van der Waals surface area contributed by atoms with Gasteiger partial charge < -0.3 is 4.74 Å². The lowest BCUT2D eigenvalue weighted by atomic mass is 9.75. The van der Waals surface area contributed by atoms with Gasteiger partial charge in [-0.05, 0) is 24.6 Å². The van der Waals surface area contributed by atoms with Gasteiger partial charge in [0, 0.05) is 16.9 Å². The Morgan fingerprint density at radius 1 is 1.53 bits per heavy atom. The van der Waals surface area contributed by atoms with E-state index in [9.17, 15) is 4.79 Å². The summed E-state index contributed by atoms with van der Waals surface area (Å²) in [6.07, 6.45) is 0.535. The summed E-state index contributed by atoms with van der Waals surface area (Å²) in [7, 11) is 0. The fraction of sp³-hybridized carbons (Fsp3) is 0.417. The molecule has 1 aromatic carbocycles. The Bertz CT molecular complexity index is 383. The highest BCUT2D eigenvalue weighted by Crippen LogP contribution is 2.36. The van der Waals surface area contributed by atoms with Gasteiger partial charge in [-0.3, -0.25) is 4.79 Å². The van der Waals surface area contributed by atoms with Gasteiger partial charge in [-0.25, -0.2) is 0 Å². The molecule has 0 aliphatic carbocycles. The van der Waals surface area contributed by atoms with Gasteiger partial charge in [0.15, 0.2) is 0 Å². The van der Waals surface area contributed by atoms with Crippen molar-refractivity contribution in [3.63, 3.8) is 0 Å². The van der Waals surface area contributed by atoms with Gasteiger partial charge in [0.2, 0.25) is 0 Å².